The standard InChI is InChI=1S/C31H42N2O6/c1-20(2)39-26-14-10-23(18-28(26)38-6)30-31(35)33(24-11-7-21(3)8-12-24)19-29(34)32(30)16-15-22-9-13-25(36-4)27(17-22)37-5/h9-10,13-14,17-18,20-21,24,30H,7-8,11-12,15-16,19H2,1-6H3/t21?,24?,30-/m1/s1. The number of methoxy groups -OCH3 is 3. The number of ether oxygens (including phenoxy) is 4. The van der Waals surface area contributed by atoms with E-state index in [0.717, 1.165) is 36.8 Å². The Hall–Kier alpha value is -3.42. The molecule has 1 atom stereocenters. The molecule has 1 aliphatic carbocycles. The molecule has 1 heterocycles. The summed E-state index contributed by atoms with van der Waals surface area (Å²) in [5.41, 5.74) is 1.72. The lowest BCUT2D eigenvalue weighted by Crippen LogP contribution is -2.59. The molecule has 2 fully saturated rings. The largest absolute Gasteiger partial charge is 0.493 e. The fourth-order valence-electron chi connectivity index (χ4n) is 5.68. The average Bonchev–Trinajstić information content (AvgIpc) is 2.93. The smallest absolute Gasteiger partial charge is 0.250 e. The first-order chi connectivity index (χ1) is 18.7. The Balaban J connectivity index is 1.65. The van der Waals surface area contributed by atoms with Crippen molar-refractivity contribution in [2.24, 2.45) is 5.92 Å². The monoisotopic (exact) mass is 538 g/mol. The van der Waals surface area contributed by atoms with Crippen LogP contribution < -0.4 is 18.9 Å². The first-order valence-electron chi connectivity index (χ1n) is 13.9. The van der Waals surface area contributed by atoms with E-state index in [-0.39, 0.29) is 30.5 Å². The van der Waals surface area contributed by atoms with E-state index in [1.165, 1.54) is 0 Å². The predicted molar refractivity (Wildman–Crippen MR) is 150 cm³/mol. The molecule has 39 heavy (non-hydrogen) atoms. The van der Waals surface area contributed by atoms with Crippen molar-refractivity contribution in [1.29, 1.82) is 0 Å². The molecular formula is C31H42N2O6. The van der Waals surface area contributed by atoms with Gasteiger partial charge in [0.1, 0.15) is 12.6 Å². The average molecular weight is 539 g/mol. The second-order valence-electron chi connectivity index (χ2n) is 10.9. The van der Waals surface area contributed by atoms with Crippen LogP contribution in [0, 0.1) is 5.92 Å². The summed E-state index contributed by atoms with van der Waals surface area (Å²) in [6.07, 6.45) is 4.57. The van der Waals surface area contributed by atoms with Crippen molar-refractivity contribution in [2.45, 2.75) is 71.1 Å². The van der Waals surface area contributed by atoms with Crippen LogP contribution in [0.15, 0.2) is 36.4 Å². The van der Waals surface area contributed by atoms with E-state index in [0.29, 0.717) is 41.9 Å². The molecule has 2 amide bonds. The Labute approximate surface area is 232 Å². The van der Waals surface area contributed by atoms with Gasteiger partial charge in [0.25, 0.3) is 5.91 Å². The van der Waals surface area contributed by atoms with Gasteiger partial charge >= 0.3 is 0 Å². The van der Waals surface area contributed by atoms with E-state index in [4.69, 9.17) is 18.9 Å². The minimum Gasteiger partial charge on any atom is -0.493 e. The van der Waals surface area contributed by atoms with Gasteiger partial charge < -0.3 is 28.7 Å². The molecule has 2 aromatic rings. The second-order valence-corrected chi connectivity index (χ2v) is 10.9. The molecule has 8 heteroatoms. The van der Waals surface area contributed by atoms with Crippen molar-refractivity contribution in [2.75, 3.05) is 34.4 Å². The number of carbonyl (C=O) groups is 2. The van der Waals surface area contributed by atoms with Crippen molar-refractivity contribution in [3.8, 4) is 23.0 Å². The van der Waals surface area contributed by atoms with Gasteiger partial charge in [0.15, 0.2) is 23.0 Å². The minimum absolute atomic E-state index is 0.0233. The fraction of sp³-hybridized carbons (Fsp3) is 0.548. The van der Waals surface area contributed by atoms with Gasteiger partial charge in [0.05, 0.1) is 27.4 Å². The summed E-state index contributed by atoms with van der Waals surface area (Å²) >= 11 is 0. The first-order valence-corrected chi connectivity index (χ1v) is 13.9. The fourth-order valence-corrected chi connectivity index (χ4v) is 5.68. The predicted octanol–water partition coefficient (Wildman–Crippen LogP) is 5.03. The van der Waals surface area contributed by atoms with Crippen LogP contribution in [0.2, 0.25) is 0 Å². The maximum atomic E-state index is 14.1. The Kier molecular flexibility index (Phi) is 9.25. The Bertz CT molecular complexity index is 1160. The highest BCUT2D eigenvalue weighted by molar-refractivity contribution is 5.96. The molecule has 0 aromatic heterocycles. The van der Waals surface area contributed by atoms with Crippen molar-refractivity contribution in [1.82, 2.24) is 9.80 Å². The topological polar surface area (TPSA) is 77.5 Å². The summed E-state index contributed by atoms with van der Waals surface area (Å²) in [6, 6.07) is 10.7. The number of benzene rings is 2. The van der Waals surface area contributed by atoms with Gasteiger partial charge in [-0.3, -0.25) is 9.59 Å². The molecule has 0 radical (unpaired) electrons. The molecule has 4 rings (SSSR count). The quantitative estimate of drug-likeness (QED) is 0.422. The van der Waals surface area contributed by atoms with Crippen molar-refractivity contribution in [3.63, 3.8) is 0 Å². The van der Waals surface area contributed by atoms with Gasteiger partial charge in [-0.05, 0) is 87.3 Å². The van der Waals surface area contributed by atoms with E-state index in [9.17, 15) is 9.59 Å². The maximum Gasteiger partial charge on any atom is 0.250 e. The Morgan fingerprint density at radius 3 is 2.13 bits per heavy atom. The highest BCUT2D eigenvalue weighted by atomic mass is 16.5. The lowest BCUT2D eigenvalue weighted by molar-refractivity contribution is -0.159. The van der Waals surface area contributed by atoms with Crippen molar-refractivity contribution >= 4 is 11.8 Å². The molecule has 212 valence electrons. The second kappa shape index (κ2) is 12.6. The van der Waals surface area contributed by atoms with Gasteiger partial charge in [-0.25, -0.2) is 0 Å². The van der Waals surface area contributed by atoms with E-state index in [1.807, 2.05) is 55.1 Å². The van der Waals surface area contributed by atoms with Gasteiger partial charge in [0, 0.05) is 12.6 Å². The van der Waals surface area contributed by atoms with Crippen LogP contribution in [0.25, 0.3) is 0 Å². The van der Waals surface area contributed by atoms with Crippen LogP contribution in [0.4, 0.5) is 0 Å². The summed E-state index contributed by atoms with van der Waals surface area (Å²) in [4.78, 5) is 31.4. The van der Waals surface area contributed by atoms with Crippen molar-refractivity contribution < 1.29 is 28.5 Å². The highest BCUT2D eigenvalue weighted by Gasteiger charge is 2.43. The molecule has 2 aromatic carbocycles. The van der Waals surface area contributed by atoms with Crippen LogP contribution >= 0.6 is 0 Å². The third-order valence-corrected chi connectivity index (χ3v) is 7.84. The van der Waals surface area contributed by atoms with E-state index in [2.05, 4.69) is 6.92 Å². The van der Waals surface area contributed by atoms with Crippen LogP contribution in [0.1, 0.15) is 63.6 Å². The van der Waals surface area contributed by atoms with E-state index < -0.39 is 6.04 Å². The normalized spacial score (nSPS) is 21.8. The molecular weight excluding hydrogens is 496 g/mol. The number of hydrogen-bond acceptors (Lipinski definition) is 6. The molecule has 0 unspecified atom stereocenters. The zero-order valence-electron chi connectivity index (χ0n) is 24.1. The number of nitrogens with zero attached hydrogens (tertiary/aromatic N) is 2. The molecule has 0 bridgehead atoms. The molecule has 0 N–H and O–H groups in total. The maximum absolute atomic E-state index is 14.1. The van der Waals surface area contributed by atoms with Crippen LogP contribution in [-0.4, -0.2) is 68.2 Å². The van der Waals surface area contributed by atoms with Gasteiger partial charge in [0.2, 0.25) is 5.91 Å². The molecule has 2 aliphatic rings. The Morgan fingerprint density at radius 1 is 0.846 bits per heavy atom. The third kappa shape index (κ3) is 6.43. The summed E-state index contributed by atoms with van der Waals surface area (Å²) in [7, 11) is 4.79. The van der Waals surface area contributed by atoms with Gasteiger partial charge in [-0.15, -0.1) is 0 Å². The zero-order chi connectivity index (χ0) is 28.1. The number of rotatable bonds is 10. The third-order valence-electron chi connectivity index (χ3n) is 7.84. The number of piperazine rings is 1. The SMILES string of the molecule is COc1ccc(CCN2C(=O)CN(C3CCC(C)CC3)C(=O)[C@H]2c2ccc(OC(C)C)c(OC)c2)cc1OC. The van der Waals surface area contributed by atoms with Gasteiger partial charge in [-0.2, -0.15) is 0 Å². The highest BCUT2D eigenvalue weighted by Crippen LogP contribution is 2.38. The van der Waals surface area contributed by atoms with Crippen LogP contribution in [-0.2, 0) is 16.0 Å². The van der Waals surface area contributed by atoms with E-state index in [1.54, 1.807) is 26.2 Å². The summed E-state index contributed by atoms with van der Waals surface area (Å²) in [6.45, 7) is 6.68. The molecule has 8 nitrogen and oxygen atoms in total. The Morgan fingerprint density at radius 2 is 1.49 bits per heavy atom. The summed E-state index contributed by atoms with van der Waals surface area (Å²) < 4.78 is 22.3. The molecule has 1 saturated heterocycles. The zero-order valence-corrected chi connectivity index (χ0v) is 24.1. The number of amides is 2. The van der Waals surface area contributed by atoms with Crippen LogP contribution in [0.3, 0.4) is 0 Å². The van der Waals surface area contributed by atoms with E-state index >= 15 is 0 Å². The lowest BCUT2D eigenvalue weighted by Gasteiger charge is -2.45. The van der Waals surface area contributed by atoms with Crippen LogP contribution in [0.5, 0.6) is 23.0 Å². The molecule has 1 saturated carbocycles. The lowest BCUT2D eigenvalue weighted by atomic mass is 9.85. The summed E-state index contributed by atoms with van der Waals surface area (Å²) in [5, 5.41) is 0. The van der Waals surface area contributed by atoms with Crippen molar-refractivity contribution in [3.05, 3.63) is 47.5 Å². The first kappa shape index (κ1) is 28.6. The molecule has 1 aliphatic heterocycles. The minimum atomic E-state index is -0.729. The molecule has 0 spiro atoms. The number of carbonyl (C=O) groups excluding carboxylic acids is 2. The van der Waals surface area contributed by atoms with Gasteiger partial charge in [-0.1, -0.05) is 19.1 Å². The summed E-state index contributed by atoms with van der Waals surface area (Å²) in [5.74, 6) is 3.03. The number of hydrogen-bond donors (Lipinski definition) is 0.